The van der Waals surface area contributed by atoms with Gasteiger partial charge in [-0.15, -0.1) is 0 Å². The second-order valence-corrected chi connectivity index (χ2v) is 4.88. The summed E-state index contributed by atoms with van der Waals surface area (Å²) >= 11 is 5.89. The van der Waals surface area contributed by atoms with Gasteiger partial charge in [-0.1, -0.05) is 29.3 Å². The highest BCUT2D eigenvalue weighted by Gasteiger charge is 2.24. The van der Waals surface area contributed by atoms with Crippen LogP contribution in [0, 0.1) is 6.92 Å². The minimum atomic E-state index is -0.127. The summed E-state index contributed by atoms with van der Waals surface area (Å²) in [5.74, 6) is 0.208. The largest absolute Gasteiger partial charge is 0.337 e. The number of nitrogens with one attached hydrogen (secondary N) is 1. The SMILES string of the molecule is Cc1ccc(NC2=Nc3ccc(Cl)cc3C2=O)cc1. The average molecular weight is 271 g/mol. The van der Waals surface area contributed by atoms with Crippen molar-refractivity contribution in [3.05, 3.63) is 58.6 Å². The minimum absolute atomic E-state index is 0.127. The smallest absolute Gasteiger partial charge is 0.230 e. The predicted molar refractivity (Wildman–Crippen MR) is 77.7 cm³/mol. The molecule has 0 spiro atoms. The van der Waals surface area contributed by atoms with Crippen LogP contribution in [-0.2, 0) is 0 Å². The highest BCUT2D eigenvalue weighted by molar-refractivity contribution is 6.52. The van der Waals surface area contributed by atoms with Gasteiger partial charge in [0, 0.05) is 10.7 Å². The molecular formula is C15H11ClN2O. The van der Waals surface area contributed by atoms with Crippen LogP contribution in [0.2, 0.25) is 5.02 Å². The number of aryl methyl sites for hydroxylation is 1. The summed E-state index contributed by atoms with van der Waals surface area (Å²) in [6.07, 6.45) is 0. The fourth-order valence-electron chi connectivity index (χ4n) is 1.94. The molecule has 1 N–H and O–H groups in total. The Morgan fingerprint density at radius 2 is 1.84 bits per heavy atom. The second kappa shape index (κ2) is 4.52. The Labute approximate surface area is 115 Å². The molecule has 1 aliphatic heterocycles. The number of carbonyl (C=O) groups excluding carboxylic acids is 1. The number of benzene rings is 2. The van der Waals surface area contributed by atoms with Gasteiger partial charge >= 0.3 is 0 Å². The summed E-state index contributed by atoms with van der Waals surface area (Å²) in [5, 5.41) is 3.58. The van der Waals surface area contributed by atoms with E-state index in [-0.39, 0.29) is 5.78 Å². The Morgan fingerprint density at radius 3 is 2.58 bits per heavy atom. The Bertz CT molecular complexity index is 690. The number of rotatable bonds is 1. The molecule has 0 saturated carbocycles. The molecular weight excluding hydrogens is 260 g/mol. The van der Waals surface area contributed by atoms with Crippen molar-refractivity contribution >= 4 is 34.6 Å². The zero-order valence-electron chi connectivity index (χ0n) is 10.3. The van der Waals surface area contributed by atoms with Crippen LogP contribution in [0.1, 0.15) is 15.9 Å². The van der Waals surface area contributed by atoms with E-state index in [0.29, 0.717) is 22.1 Å². The molecule has 4 heteroatoms. The molecule has 0 bridgehead atoms. The van der Waals surface area contributed by atoms with Crippen LogP contribution >= 0.6 is 11.6 Å². The molecule has 2 aromatic rings. The average Bonchev–Trinajstić information content (AvgIpc) is 2.70. The third-order valence-electron chi connectivity index (χ3n) is 2.96. The number of carbonyl (C=O) groups is 1. The number of ketones is 1. The fraction of sp³-hybridized carbons (Fsp3) is 0.0667. The van der Waals surface area contributed by atoms with Crippen molar-refractivity contribution in [2.75, 3.05) is 5.32 Å². The monoisotopic (exact) mass is 270 g/mol. The molecule has 94 valence electrons. The number of halogens is 1. The summed E-state index contributed by atoms with van der Waals surface area (Å²) in [6, 6.07) is 12.9. The second-order valence-electron chi connectivity index (χ2n) is 4.44. The Morgan fingerprint density at radius 1 is 1.11 bits per heavy atom. The summed E-state index contributed by atoms with van der Waals surface area (Å²) in [6.45, 7) is 2.01. The zero-order chi connectivity index (χ0) is 13.4. The lowest BCUT2D eigenvalue weighted by atomic mass is 10.1. The summed E-state index contributed by atoms with van der Waals surface area (Å²) in [4.78, 5) is 16.5. The molecule has 19 heavy (non-hydrogen) atoms. The van der Waals surface area contributed by atoms with E-state index in [1.165, 1.54) is 5.56 Å². The van der Waals surface area contributed by atoms with Crippen molar-refractivity contribution in [3.8, 4) is 0 Å². The first kappa shape index (κ1) is 11.9. The van der Waals surface area contributed by atoms with Gasteiger partial charge in [0.2, 0.25) is 5.78 Å². The van der Waals surface area contributed by atoms with Gasteiger partial charge in [0.05, 0.1) is 11.3 Å². The van der Waals surface area contributed by atoms with E-state index in [1.807, 2.05) is 31.2 Å². The molecule has 0 radical (unpaired) electrons. The van der Waals surface area contributed by atoms with Crippen molar-refractivity contribution in [3.63, 3.8) is 0 Å². The molecule has 3 nitrogen and oxygen atoms in total. The molecule has 0 fully saturated rings. The maximum Gasteiger partial charge on any atom is 0.230 e. The lowest BCUT2D eigenvalue weighted by Gasteiger charge is -2.04. The van der Waals surface area contributed by atoms with E-state index < -0.39 is 0 Å². The highest BCUT2D eigenvalue weighted by Crippen LogP contribution is 2.29. The van der Waals surface area contributed by atoms with Crippen molar-refractivity contribution in [1.82, 2.24) is 0 Å². The summed E-state index contributed by atoms with van der Waals surface area (Å²) in [5.41, 5.74) is 3.21. The van der Waals surface area contributed by atoms with Gasteiger partial charge < -0.3 is 5.32 Å². The third-order valence-corrected chi connectivity index (χ3v) is 3.20. The number of aliphatic imine (C=N–C) groups is 1. The number of fused-ring (bicyclic) bond motifs is 1. The lowest BCUT2D eigenvalue weighted by Crippen LogP contribution is -2.19. The van der Waals surface area contributed by atoms with Gasteiger partial charge in [0.25, 0.3) is 0 Å². The number of anilines is 1. The molecule has 0 atom stereocenters. The first-order valence-electron chi connectivity index (χ1n) is 5.90. The van der Waals surface area contributed by atoms with E-state index >= 15 is 0 Å². The summed E-state index contributed by atoms with van der Waals surface area (Å²) in [7, 11) is 0. The molecule has 0 amide bonds. The number of Topliss-reactive ketones (excluding diaryl/α,β-unsaturated/α-hetero) is 1. The summed E-state index contributed by atoms with van der Waals surface area (Å²) < 4.78 is 0. The highest BCUT2D eigenvalue weighted by atomic mass is 35.5. The third kappa shape index (κ3) is 2.25. The molecule has 0 aliphatic carbocycles. The quantitative estimate of drug-likeness (QED) is 0.851. The van der Waals surface area contributed by atoms with E-state index in [1.54, 1.807) is 18.2 Å². The standard InChI is InChI=1S/C15H11ClN2O/c1-9-2-5-11(6-3-9)17-15-14(19)12-8-10(16)4-7-13(12)18-15/h2-8H,1H3,(H,17,18,19). The first-order chi connectivity index (χ1) is 9.13. The predicted octanol–water partition coefficient (Wildman–Crippen LogP) is 3.99. The first-order valence-corrected chi connectivity index (χ1v) is 6.28. The normalized spacial score (nSPS) is 13.2. The lowest BCUT2D eigenvalue weighted by molar-refractivity contribution is 0.106. The molecule has 3 rings (SSSR count). The molecule has 0 unspecified atom stereocenters. The van der Waals surface area contributed by atoms with Gasteiger partial charge in [0.1, 0.15) is 0 Å². The Kier molecular flexibility index (Phi) is 2.84. The Hall–Kier alpha value is -2.13. The van der Waals surface area contributed by atoms with Crippen molar-refractivity contribution in [2.45, 2.75) is 6.92 Å². The van der Waals surface area contributed by atoms with E-state index in [4.69, 9.17) is 11.6 Å². The van der Waals surface area contributed by atoms with Crippen LogP contribution < -0.4 is 5.32 Å². The van der Waals surface area contributed by atoms with Crippen molar-refractivity contribution in [2.24, 2.45) is 4.99 Å². The number of hydrogen-bond donors (Lipinski definition) is 1. The van der Waals surface area contributed by atoms with Crippen LogP contribution in [0.15, 0.2) is 47.5 Å². The van der Waals surface area contributed by atoms with Gasteiger partial charge in [-0.2, -0.15) is 0 Å². The molecule has 0 aromatic heterocycles. The topological polar surface area (TPSA) is 41.5 Å². The zero-order valence-corrected chi connectivity index (χ0v) is 11.0. The van der Waals surface area contributed by atoms with Crippen LogP contribution in [0.3, 0.4) is 0 Å². The van der Waals surface area contributed by atoms with Gasteiger partial charge in [0.15, 0.2) is 5.84 Å². The van der Waals surface area contributed by atoms with Gasteiger partial charge in [-0.05, 0) is 37.3 Å². The van der Waals surface area contributed by atoms with Crippen LogP contribution in [0.5, 0.6) is 0 Å². The van der Waals surface area contributed by atoms with Gasteiger partial charge in [-0.3, -0.25) is 4.79 Å². The number of nitrogens with zero attached hydrogens (tertiary/aromatic N) is 1. The number of amidine groups is 1. The van der Waals surface area contributed by atoms with E-state index in [0.717, 1.165) is 5.69 Å². The minimum Gasteiger partial charge on any atom is -0.337 e. The number of hydrogen-bond acceptors (Lipinski definition) is 3. The molecule has 1 aliphatic rings. The Balaban J connectivity index is 1.89. The maximum atomic E-state index is 12.2. The molecule has 1 heterocycles. The maximum absolute atomic E-state index is 12.2. The van der Waals surface area contributed by atoms with Crippen molar-refractivity contribution < 1.29 is 4.79 Å². The van der Waals surface area contributed by atoms with Crippen LogP contribution in [0.4, 0.5) is 11.4 Å². The van der Waals surface area contributed by atoms with Crippen molar-refractivity contribution in [1.29, 1.82) is 0 Å². The van der Waals surface area contributed by atoms with Crippen LogP contribution in [0.25, 0.3) is 0 Å². The van der Waals surface area contributed by atoms with E-state index in [9.17, 15) is 4.79 Å². The fourth-order valence-corrected chi connectivity index (χ4v) is 2.12. The van der Waals surface area contributed by atoms with E-state index in [2.05, 4.69) is 10.3 Å². The van der Waals surface area contributed by atoms with Gasteiger partial charge in [-0.25, -0.2) is 4.99 Å². The molecule has 2 aromatic carbocycles. The molecule has 0 saturated heterocycles. The van der Waals surface area contributed by atoms with Crippen LogP contribution in [-0.4, -0.2) is 11.6 Å².